The van der Waals surface area contributed by atoms with E-state index in [2.05, 4.69) is 28.6 Å². The van der Waals surface area contributed by atoms with Crippen LogP contribution >= 0.6 is 23.2 Å². The van der Waals surface area contributed by atoms with E-state index >= 15 is 4.79 Å². The van der Waals surface area contributed by atoms with Crippen molar-refractivity contribution >= 4 is 59.0 Å². The summed E-state index contributed by atoms with van der Waals surface area (Å²) < 4.78 is 12.3. The Morgan fingerprint density at radius 3 is 2.58 bits per heavy atom. The van der Waals surface area contributed by atoms with E-state index in [0.29, 0.717) is 56.8 Å². The molecule has 4 aromatic rings. The van der Waals surface area contributed by atoms with E-state index in [1.807, 2.05) is 81.4 Å². The number of aromatic nitrogens is 4. The van der Waals surface area contributed by atoms with E-state index < -0.39 is 11.9 Å². The van der Waals surface area contributed by atoms with Crippen LogP contribution in [0, 0.1) is 38.5 Å². The average molecular weight is 743 g/mol. The molecule has 1 aliphatic carbocycles. The van der Waals surface area contributed by atoms with E-state index in [1.54, 1.807) is 11.0 Å². The smallest absolute Gasteiger partial charge is 0.322 e. The lowest BCUT2D eigenvalue weighted by atomic mass is 10.1. The van der Waals surface area contributed by atoms with Crippen LogP contribution in [0.25, 0.3) is 23.9 Å². The number of halogens is 2. The van der Waals surface area contributed by atoms with Crippen LogP contribution in [-0.4, -0.2) is 59.8 Å². The first-order valence-electron chi connectivity index (χ1n) is 17.8. The van der Waals surface area contributed by atoms with Crippen molar-refractivity contribution in [1.29, 1.82) is 0 Å². The molecule has 0 spiro atoms. The van der Waals surface area contributed by atoms with E-state index in [0.717, 1.165) is 60.0 Å². The van der Waals surface area contributed by atoms with Crippen molar-refractivity contribution in [1.82, 2.24) is 23.8 Å². The number of fused-ring (bicyclic) bond motifs is 2. The molecule has 6 rings (SSSR count). The number of aryl methyl sites for hydroxylation is 5. The molecule has 0 fully saturated rings. The molecule has 2 unspecified atom stereocenters. The van der Waals surface area contributed by atoms with Crippen molar-refractivity contribution in [2.75, 3.05) is 19.0 Å². The topological polar surface area (TPSA) is 94.5 Å². The molecule has 9 nitrogen and oxygen atoms in total. The summed E-state index contributed by atoms with van der Waals surface area (Å²) in [6, 6.07) is 7.80. The van der Waals surface area contributed by atoms with E-state index in [4.69, 9.17) is 33.0 Å². The van der Waals surface area contributed by atoms with E-state index in [1.165, 1.54) is 0 Å². The quantitative estimate of drug-likeness (QED) is 0.140. The van der Waals surface area contributed by atoms with Gasteiger partial charge in [0, 0.05) is 71.3 Å². The maximum absolute atomic E-state index is 15.2. The highest BCUT2D eigenvalue weighted by molar-refractivity contribution is 6.32. The van der Waals surface area contributed by atoms with Crippen molar-refractivity contribution in [3.63, 3.8) is 0 Å². The lowest BCUT2D eigenvalue weighted by molar-refractivity contribution is -0.137. The first kappa shape index (κ1) is 37.1. The molecule has 2 aliphatic rings. The lowest BCUT2D eigenvalue weighted by Gasteiger charge is -2.21. The average Bonchev–Trinajstić information content (AvgIpc) is 3.68. The Labute approximate surface area is 314 Å². The van der Waals surface area contributed by atoms with Gasteiger partial charge in [0.1, 0.15) is 23.1 Å². The van der Waals surface area contributed by atoms with Crippen molar-refractivity contribution in [3.05, 3.63) is 90.4 Å². The summed E-state index contributed by atoms with van der Waals surface area (Å²) in [4.78, 5) is 29.2. The Morgan fingerprint density at radius 1 is 1.19 bits per heavy atom. The highest BCUT2D eigenvalue weighted by atomic mass is 35.5. The molecular weight excluding hydrogens is 697 g/mol. The Balaban J connectivity index is 1.49. The molecule has 52 heavy (non-hydrogen) atoms. The highest BCUT2D eigenvalue weighted by Crippen LogP contribution is 2.29. The third kappa shape index (κ3) is 7.07. The summed E-state index contributed by atoms with van der Waals surface area (Å²) in [7, 11) is 1.94. The number of hydrogen-bond donors (Lipinski definition) is 1. The molecule has 3 aromatic heterocycles. The van der Waals surface area contributed by atoms with Crippen LogP contribution in [0.15, 0.2) is 30.5 Å². The fourth-order valence-electron chi connectivity index (χ4n) is 7.50. The minimum atomic E-state index is -1.02. The summed E-state index contributed by atoms with van der Waals surface area (Å²) >= 11 is 12.8. The summed E-state index contributed by atoms with van der Waals surface area (Å²) in [5, 5.41) is 18.9. The lowest BCUT2D eigenvalue weighted by Crippen LogP contribution is -2.39. The molecule has 4 heterocycles. The molecule has 1 amide bonds. The van der Waals surface area contributed by atoms with Crippen LogP contribution in [0.1, 0.15) is 71.3 Å². The number of rotatable bonds is 11. The molecule has 0 saturated carbocycles. The standard InChI is InChI=1S/C41H45Cl2N5O4/c1-7-32-33(10-9-19-52-31-20-25(3)38(43)26(4)21-31)39-40(49)47(35-12-11-28(41(50)51)23-37-34(35)15-17-46(37)8-2)18-14-30(48(39)36(32)13-16-42)24-29-22-27(5)45(6)44-29/h7,13,15,17,20-23,28,30H,8-10,14,16,18-19,24H2,1-6H3,(H,50,51)/b32-7-,36-13+. The zero-order valence-electron chi connectivity index (χ0n) is 30.6. The van der Waals surface area contributed by atoms with Gasteiger partial charge in [0.2, 0.25) is 0 Å². The van der Waals surface area contributed by atoms with E-state index in [9.17, 15) is 9.90 Å². The molecule has 1 aliphatic heterocycles. The predicted molar refractivity (Wildman–Crippen MR) is 206 cm³/mol. The number of ether oxygens (including phenoxy) is 1. The third-order valence-electron chi connectivity index (χ3n) is 10.1. The van der Waals surface area contributed by atoms with Crippen LogP contribution in [0.2, 0.25) is 5.02 Å². The maximum Gasteiger partial charge on any atom is 0.322 e. The largest absolute Gasteiger partial charge is 0.494 e. The van der Waals surface area contributed by atoms with E-state index in [-0.39, 0.29) is 17.8 Å². The molecule has 2 atom stereocenters. The fourth-order valence-corrected chi connectivity index (χ4v) is 7.75. The van der Waals surface area contributed by atoms with Gasteiger partial charge in [-0.3, -0.25) is 19.2 Å². The summed E-state index contributed by atoms with van der Waals surface area (Å²) in [6.45, 7) is 11.4. The van der Waals surface area contributed by atoms with Gasteiger partial charge in [-0.25, -0.2) is 0 Å². The van der Waals surface area contributed by atoms with Gasteiger partial charge in [-0.2, -0.15) is 5.10 Å². The molecule has 11 heteroatoms. The van der Waals surface area contributed by atoms with Crippen LogP contribution in [-0.2, 0) is 31.2 Å². The zero-order valence-corrected chi connectivity index (χ0v) is 32.1. The van der Waals surface area contributed by atoms with Crippen molar-refractivity contribution < 1.29 is 19.4 Å². The molecular formula is C41H45Cl2N5O4. The summed E-state index contributed by atoms with van der Waals surface area (Å²) in [5.41, 5.74) is 5.94. The summed E-state index contributed by atoms with van der Waals surface area (Å²) in [5.74, 6) is 4.94. The molecule has 1 N–H and O–H groups in total. The van der Waals surface area contributed by atoms with Crippen LogP contribution in [0.4, 0.5) is 0 Å². The summed E-state index contributed by atoms with van der Waals surface area (Å²) in [6.07, 6.45) is 10.1. The van der Waals surface area contributed by atoms with Gasteiger partial charge in [0.15, 0.2) is 0 Å². The van der Waals surface area contributed by atoms with Gasteiger partial charge in [-0.1, -0.05) is 23.6 Å². The number of alkyl halides is 1. The Bertz CT molecular complexity index is 2330. The number of carbonyl (C=O) groups excluding carboxylic acids is 1. The van der Waals surface area contributed by atoms with Crippen molar-refractivity contribution in [2.45, 2.75) is 72.9 Å². The molecule has 0 radical (unpaired) electrons. The molecule has 272 valence electrons. The number of amides is 1. The highest BCUT2D eigenvalue weighted by Gasteiger charge is 2.35. The SMILES string of the molecule is C/C=c1/c(CCCOc2cc(C)c(Cl)c(C)c2)c2n(/c1=C/CCl)C(Cc1cc(C)n(C)n1)CCN(C1=c3ccn(CC)c3=CC(C(=O)O)C#C1)C2=O. The van der Waals surface area contributed by atoms with Gasteiger partial charge < -0.3 is 19.0 Å². The maximum atomic E-state index is 15.2. The monoisotopic (exact) mass is 741 g/mol. The number of carboxylic acid groups (broad SMARTS) is 1. The first-order valence-corrected chi connectivity index (χ1v) is 18.7. The number of carbonyl (C=O) groups is 2. The Morgan fingerprint density at radius 2 is 1.94 bits per heavy atom. The van der Waals surface area contributed by atoms with Gasteiger partial charge in [-0.05, 0) is 118 Å². The second-order valence-corrected chi connectivity index (χ2v) is 14.2. The van der Waals surface area contributed by atoms with Crippen LogP contribution in [0.5, 0.6) is 5.75 Å². The second-order valence-electron chi connectivity index (χ2n) is 13.5. The minimum absolute atomic E-state index is 0.117. The number of aliphatic carboxylic acids is 1. The Hall–Kier alpha value is -4.65. The van der Waals surface area contributed by atoms with Crippen LogP contribution in [0.3, 0.4) is 0 Å². The van der Waals surface area contributed by atoms with Gasteiger partial charge in [-0.15, -0.1) is 11.6 Å². The number of carboxylic acids is 1. The molecule has 1 aromatic carbocycles. The van der Waals surface area contributed by atoms with Crippen molar-refractivity contribution in [3.8, 4) is 17.6 Å². The van der Waals surface area contributed by atoms with Gasteiger partial charge in [0.05, 0.1) is 12.3 Å². The first-order chi connectivity index (χ1) is 25.0. The van der Waals surface area contributed by atoms with Crippen molar-refractivity contribution in [2.24, 2.45) is 13.0 Å². The zero-order chi connectivity index (χ0) is 37.3. The molecule has 0 bridgehead atoms. The Kier molecular flexibility index (Phi) is 11.1. The third-order valence-corrected chi connectivity index (χ3v) is 10.9. The molecule has 0 saturated heterocycles. The normalized spacial score (nSPS) is 17.7. The minimum Gasteiger partial charge on any atom is -0.494 e. The fraction of sp³-hybridized carbons (Fsp3) is 0.390. The van der Waals surface area contributed by atoms with Gasteiger partial charge >= 0.3 is 5.97 Å². The van der Waals surface area contributed by atoms with Gasteiger partial charge in [0.25, 0.3) is 5.91 Å². The second kappa shape index (κ2) is 15.5. The number of benzene rings is 1. The number of hydrogen-bond acceptors (Lipinski definition) is 4. The number of nitrogens with zero attached hydrogens (tertiary/aromatic N) is 5. The predicted octanol–water partition coefficient (Wildman–Crippen LogP) is 4.39. The van der Waals surface area contributed by atoms with Crippen LogP contribution < -0.4 is 25.9 Å².